The van der Waals surface area contributed by atoms with Crippen molar-refractivity contribution < 1.29 is 0 Å². The number of aromatic nitrogens is 6. The number of para-hydroxylation sites is 2. The third kappa shape index (κ3) is 9.61. The SMILES string of the molecule is N#Cc1ccc2c(c1)c1cc(C#N)ccc1n2-c1c(-n2c3ccc(-c4ccccc4)cc3c3cc(-c4ccccc4)ccc32)nc(-n2c3ccc(-c4ccccc4)cc3c3cc(-c4ccccc4)ccc32)c(-n2c3ccc(C#N)cc3c3cc(C#N)ccc32)c1-c1ccc2c(c1)c1ccccc1n2-c1ccccc1. The summed E-state index contributed by atoms with van der Waals surface area (Å²) in [5, 5.41) is 52.8. The zero-order valence-electron chi connectivity index (χ0n) is 58.3. The molecule has 6 heterocycles. The van der Waals surface area contributed by atoms with Gasteiger partial charge in [-0.2, -0.15) is 21.0 Å². The number of fused-ring (bicyclic) bond motifs is 15. The minimum atomic E-state index is 0.464. The second-order valence-electron chi connectivity index (χ2n) is 27.9. The van der Waals surface area contributed by atoms with Crippen LogP contribution in [0.4, 0.5) is 0 Å². The summed E-state index contributed by atoms with van der Waals surface area (Å²) in [4.78, 5) is 6.67. The zero-order chi connectivity index (χ0) is 72.5. The van der Waals surface area contributed by atoms with Crippen molar-refractivity contribution in [2.24, 2.45) is 0 Å². The standard InChI is InChI=1S/C99H56N10/c100-57-61-30-39-87-76(48-61)77-49-62(58-101)31-40-88(77)106(87)96-95(73-38-47-86-80(56-73)75-28-16-17-29-85(75)105(86)74-26-14-5-15-27-74)97(107-89-41-32-63(59-102)50-78(89)79-51-64(60-103)33-42-90(79)107)99(109-93-45-36-71(67-22-10-3-11-23-67)54-83(93)84-55-72(37-46-94(84)109)68-24-12-4-13-25-68)104-98(96)108-91-43-34-69(65-18-6-1-7-19-65)52-81(91)82-53-70(35-44-92(82)108)66-20-8-2-9-21-66/h1-56H. The van der Waals surface area contributed by atoms with Crippen molar-refractivity contribution in [3.63, 3.8) is 0 Å². The van der Waals surface area contributed by atoms with Gasteiger partial charge in [-0.3, -0.25) is 9.13 Å². The van der Waals surface area contributed by atoms with Gasteiger partial charge in [0.2, 0.25) is 0 Å². The largest absolute Gasteiger partial charge is 0.309 e. The van der Waals surface area contributed by atoms with Crippen LogP contribution in [-0.4, -0.2) is 27.8 Å². The molecule has 502 valence electrons. The second kappa shape index (κ2) is 24.5. The van der Waals surface area contributed by atoms with Crippen LogP contribution in [0.1, 0.15) is 22.3 Å². The van der Waals surface area contributed by atoms with E-state index in [4.69, 9.17) is 4.98 Å². The molecule has 0 unspecified atom stereocenters. The van der Waals surface area contributed by atoms with Gasteiger partial charge in [0.05, 0.1) is 102 Å². The molecule has 0 bridgehead atoms. The van der Waals surface area contributed by atoms with Gasteiger partial charge in [-0.05, 0) is 202 Å². The highest BCUT2D eigenvalue weighted by molar-refractivity contribution is 6.19. The molecule has 0 atom stereocenters. The minimum absolute atomic E-state index is 0.464. The maximum Gasteiger partial charge on any atom is 0.165 e. The third-order valence-electron chi connectivity index (χ3n) is 22.0. The van der Waals surface area contributed by atoms with Crippen LogP contribution >= 0.6 is 0 Å². The molecule has 0 aliphatic rings. The summed E-state index contributed by atoms with van der Waals surface area (Å²) in [5.41, 5.74) is 23.1. The predicted octanol–water partition coefficient (Wildman–Crippen LogP) is 24.4. The van der Waals surface area contributed by atoms with Gasteiger partial charge >= 0.3 is 0 Å². The van der Waals surface area contributed by atoms with E-state index in [1.807, 2.05) is 78.9 Å². The first-order valence-corrected chi connectivity index (χ1v) is 36.2. The smallest absolute Gasteiger partial charge is 0.165 e. The molecule has 10 nitrogen and oxygen atoms in total. The molecular weight excluding hydrogens is 1330 g/mol. The van der Waals surface area contributed by atoms with E-state index in [9.17, 15) is 21.0 Å². The van der Waals surface area contributed by atoms with Crippen LogP contribution < -0.4 is 0 Å². The molecule has 0 saturated heterocycles. The van der Waals surface area contributed by atoms with E-state index in [1.54, 1.807) is 0 Å². The molecule has 0 radical (unpaired) electrons. The van der Waals surface area contributed by atoms with E-state index < -0.39 is 0 Å². The number of rotatable bonds is 10. The fourth-order valence-electron chi connectivity index (χ4n) is 17.1. The minimum Gasteiger partial charge on any atom is -0.309 e. The Morgan fingerprint density at radius 3 is 0.780 bits per heavy atom. The van der Waals surface area contributed by atoms with Crippen molar-refractivity contribution in [1.82, 2.24) is 27.8 Å². The number of hydrogen-bond acceptors (Lipinski definition) is 5. The van der Waals surface area contributed by atoms with Crippen LogP contribution in [0.3, 0.4) is 0 Å². The molecule has 0 fully saturated rings. The molecule has 0 spiro atoms. The van der Waals surface area contributed by atoms with Gasteiger partial charge < -0.3 is 13.7 Å². The van der Waals surface area contributed by atoms with Gasteiger partial charge in [0.15, 0.2) is 11.6 Å². The van der Waals surface area contributed by atoms with E-state index in [-0.39, 0.29) is 0 Å². The Labute approximate surface area is 624 Å². The van der Waals surface area contributed by atoms with Gasteiger partial charge in [-0.25, -0.2) is 4.98 Å². The van der Waals surface area contributed by atoms with E-state index in [0.29, 0.717) is 45.3 Å². The normalized spacial score (nSPS) is 11.6. The fourth-order valence-corrected chi connectivity index (χ4v) is 17.1. The van der Waals surface area contributed by atoms with E-state index >= 15 is 0 Å². The van der Waals surface area contributed by atoms with Crippen molar-refractivity contribution >= 4 is 109 Å². The van der Waals surface area contributed by atoms with Gasteiger partial charge in [0.1, 0.15) is 11.4 Å². The number of benzene rings is 15. The first kappa shape index (κ1) is 62.0. The third-order valence-corrected chi connectivity index (χ3v) is 22.0. The highest BCUT2D eigenvalue weighted by Crippen LogP contribution is 2.51. The van der Waals surface area contributed by atoms with E-state index in [2.05, 4.69) is 308 Å². The lowest BCUT2D eigenvalue weighted by Gasteiger charge is -2.27. The summed E-state index contributed by atoms with van der Waals surface area (Å²) < 4.78 is 11.7. The van der Waals surface area contributed by atoms with Crippen molar-refractivity contribution in [1.29, 1.82) is 21.0 Å². The fraction of sp³-hybridized carbons (Fsp3) is 0. The number of nitriles is 4. The lowest BCUT2D eigenvalue weighted by Crippen LogP contribution is -2.16. The summed E-state index contributed by atoms with van der Waals surface area (Å²) in [6.45, 7) is 0. The van der Waals surface area contributed by atoms with Gasteiger partial charge in [-0.15, -0.1) is 0 Å². The number of pyridine rings is 1. The quantitative estimate of drug-likeness (QED) is 0.134. The molecule has 6 aromatic heterocycles. The average Bonchev–Trinajstić information content (AvgIpc) is 1.54. The van der Waals surface area contributed by atoms with Crippen molar-refractivity contribution in [2.45, 2.75) is 0 Å². The first-order valence-electron chi connectivity index (χ1n) is 36.2. The molecule has 21 aromatic rings. The van der Waals surface area contributed by atoms with E-state index in [0.717, 1.165) is 170 Å². The zero-order valence-corrected chi connectivity index (χ0v) is 58.3. The Balaban J connectivity index is 1.04. The molecule has 0 amide bonds. The van der Waals surface area contributed by atoms with Crippen molar-refractivity contribution in [3.8, 4) is 109 Å². The summed E-state index contributed by atoms with van der Waals surface area (Å²) in [5.74, 6) is 1.15. The Bertz CT molecular complexity index is 6910. The average molecular weight is 1390 g/mol. The lowest BCUT2D eigenvalue weighted by molar-refractivity contribution is 0.961. The Morgan fingerprint density at radius 2 is 0.440 bits per heavy atom. The Hall–Kier alpha value is -15.6. The summed E-state index contributed by atoms with van der Waals surface area (Å²) in [6, 6.07) is 129. The highest BCUT2D eigenvalue weighted by Gasteiger charge is 2.34. The van der Waals surface area contributed by atoms with Gasteiger partial charge in [-0.1, -0.05) is 188 Å². The van der Waals surface area contributed by atoms with Gasteiger partial charge in [0, 0.05) is 65.1 Å². The number of hydrogen-bond donors (Lipinski definition) is 0. The molecule has 109 heavy (non-hydrogen) atoms. The van der Waals surface area contributed by atoms with Crippen LogP contribution in [0.15, 0.2) is 340 Å². The van der Waals surface area contributed by atoms with Crippen LogP contribution in [0.2, 0.25) is 0 Å². The van der Waals surface area contributed by atoms with Gasteiger partial charge in [0.25, 0.3) is 0 Å². The van der Waals surface area contributed by atoms with Crippen LogP contribution in [-0.2, 0) is 0 Å². The second-order valence-corrected chi connectivity index (χ2v) is 27.9. The molecule has 10 heteroatoms. The van der Waals surface area contributed by atoms with Crippen molar-refractivity contribution in [3.05, 3.63) is 362 Å². The van der Waals surface area contributed by atoms with Crippen LogP contribution in [0.25, 0.3) is 193 Å². The molecular formula is C99H56N10. The monoisotopic (exact) mass is 1380 g/mol. The Kier molecular flexibility index (Phi) is 14.0. The maximum atomic E-state index is 10.9. The molecule has 21 rings (SSSR count). The van der Waals surface area contributed by atoms with Crippen LogP contribution in [0.5, 0.6) is 0 Å². The summed E-state index contributed by atoms with van der Waals surface area (Å²) >= 11 is 0. The van der Waals surface area contributed by atoms with Crippen LogP contribution in [0, 0.1) is 45.3 Å². The maximum absolute atomic E-state index is 10.9. The molecule has 15 aromatic carbocycles. The Morgan fingerprint density at radius 1 is 0.193 bits per heavy atom. The molecule has 0 aliphatic heterocycles. The number of nitrogens with zero attached hydrogens (tertiary/aromatic N) is 10. The summed E-state index contributed by atoms with van der Waals surface area (Å²) in [7, 11) is 0. The lowest BCUT2D eigenvalue weighted by atomic mass is 9.98. The topological polar surface area (TPSA) is 133 Å². The highest BCUT2D eigenvalue weighted by atomic mass is 15.2. The van der Waals surface area contributed by atoms with Crippen molar-refractivity contribution in [2.75, 3.05) is 0 Å². The predicted molar refractivity (Wildman–Crippen MR) is 442 cm³/mol. The summed E-state index contributed by atoms with van der Waals surface area (Å²) in [6.07, 6.45) is 0. The van der Waals surface area contributed by atoms with E-state index in [1.165, 1.54) is 0 Å². The first-order chi connectivity index (χ1) is 53.9. The molecule has 0 saturated carbocycles. The molecule has 0 N–H and O–H groups in total. The molecule has 0 aliphatic carbocycles.